The minimum Gasteiger partial charge on any atom is -0.342 e. The lowest BCUT2D eigenvalue weighted by Gasteiger charge is -2.34. The van der Waals surface area contributed by atoms with Crippen molar-refractivity contribution in [2.45, 2.75) is 26.2 Å². The maximum absolute atomic E-state index is 13.7. The lowest BCUT2D eigenvalue weighted by molar-refractivity contribution is -0.136. The standard InChI is InChI=1S/C19H27FN4O2/c1-19(12-21)8-10-24(13-19)17(25)14-5-4-9-23(11-14)18(26)22-16-7-3-2-6-15(16)20/h2-3,6-7,14H,4-5,8-13,21H2,1H3,(H,22,26). The normalized spacial score (nSPS) is 26.0. The number of piperidine rings is 1. The Morgan fingerprint density at radius 2 is 2.08 bits per heavy atom. The number of anilines is 1. The summed E-state index contributed by atoms with van der Waals surface area (Å²) < 4.78 is 13.7. The number of nitrogens with zero attached hydrogens (tertiary/aromatic N) is 2. The first-order chi connectivity index (χ1) is 12.4. The van der Waals surface area contributed by atoms with E-state index < -0.39 is 5.82 Å². The van der Waals surface area contributed by atoms with E-state index in [-0.39, 0.29) is 29.0 Å². The van der Waals surface area contributed by atoms with Crippen molar-refractivity contribution in [3.05, 3.63) is 30.1 Å². The zero-order valence-corrected chi connectivity index (χ0v) is 15.2. The summed E-state index contributed by atoms with van der Waals surface area (Å²) in [6.45, 7) is 5.03. The number of hydrogen-bond donors (Lipinski definition) is 2. The third kappa shape index (κ3) is 3.98. The molecule has 0 saturated carbocycles. The summed E-state index contributed by atoms with van der Waals surface area (Å²) in [6.07, 6.45) is 2.46. The highest BCUT2D eigenvalue weighted by atomic mass is 19.1. The summed E-state index contributed by atoms with van der Waals surface area (Å²) >= 11 is 0. The van der Waals surface area contributed by atoms with Crippen LogP contribution in [0.3, 0.4) is 0 Å². The number of urea groups is 1. The minimum absolute atomic E-state index is 0.00771. The molecule has 2 heterocycles. The highest BCUT2D eigenvalue weighted by Crippen LogP contribution is 2.31. The Labute approximate surface area is 153 Å². The number of carbonyl (C=O) groups is 2. The number of carbonyl (C=O) groups excluding carboxylic acids is 2. The molecule has 0 spiro atoms. The molecule has 0 radical (unpaired) electrons. The molecule has 2 saturated heterocycles. The molecule has 2 aliphatic rings. The van der Waals surface area contributed by atoms with Crippen LogP contribution in [0.5, 0.6) is 0 Å². The van der Waals surface area contributed by atoms with Crippen LogP contribution in [0.1, 0.15) is 26.2 Å². The number of likely N-dealkylation sites (tertiary alicyclic amines) is 2. The molecule has 3 amide bonds. The summed E-state index contributed by atoms with van der Waals surface area (Å²) in [5.41, 5.74) is 5.98. The van der Waals surface area contributed by atoms with Crippen molar-refractivity contribution in [1.29, 1.82) is 0 Å². The van der Waals surface area contributed by atoms with E-state index in [2.05, 4.69) is 12.2 Å². The van der Waals surface area contributed by atoms with E-state index in [4.69, 9.17) is 5.73 Å². The van der Waals surface area contributed by atoms with E-state index in [1.54, 1.807) is 17.0 Å². The van der Waals surface area contributed by atoms with Crippen LogP contribution in [0.4, 0.5) is 14.9 Å². The summed E-state index contributed by atoms with van der Waals surface area (Å²) in [5.74, 6) is -0.565. The maximum atomic E-state index is 13.7. The van der Waals surface area contributed by atoms with Crippen LogP contribution in [0.15, 0.2) is 24.3 Å². The van der Waals surface area contributed by atoms with E-state index in [9.17, 15) is 14.0 Å². The molecular weight excluding hydrogens is 335 g/mol. The Kier molecular flexibility index (Phi) is 5.46. The predicted octanol–water partition coefficient (Wildman–Crippen LogP) is 2.27. The van der Waals surface area contributed by atoms with E-state index in [0.717, 1.165) is 25.8 Å². The Morgan fingerprint density at radius 1 is 1.31 bits per heavy atom. The van der Waals surface area contributed by atoms with Crippen molar-refractivity contribution in [2.24, 2.45) is 17.1 Å². The highest BCUT2D eigenvalue weighted by Gasteiger charge is 2.38. The lowest BCUT2D eigenvalue weighted by Crippen LogP contribution is -2.48. The highest BCUT2D eigenvalue weighted by molar-refractivity contribution is 5.90. The van der Waals surface area contributed by atoms with Crippen molar-refractivity contribution in [2.75, 3.05) is 38.0 Å². The number of benzene rings is 1. The number of nitrogens with two attached hydrogens (primary N) is 1. The monoisotopic (exact) mass is 362 g/mol. The minimum atomic E-state index is -0.469. The molecule has 7 heteroatoms. The van der Waals surface area contributed by atoms with Crippen molar-refractivity contribution in [3.8, 4) is 0 Å². The van der Waals surface area contributed by atoms with Gasteiger partial charge in [0.2, 0.25) is 5.91 Å². The topological polar surface area (TPSA) is 78.7 Å². The fourth-order valence-electron chi connectivity index (χ4n) is 3.76. The Balaban J connectivity index is 1.59. The second-order valence-electron chi connectivity index (χ2n) is 7.72. The molecule has 26 heavy (non-hydrogen) atoms. The average Bonchev–Trinajstić information content (AvgIpc) is 3.06. The molecule has 0 aromatic heterocycles. The van der Waals surface area contributed by atoms with Gasteiger partial charge in [-0.25, -0.2) is 9.18 Å². The zero-order valence-electron chi connectivity index (χ0n) is 15.2. The molecule has 6 nitrogen and oxygen atoms in total. The Morgan fingerprint density at radius 3 is 2.77 bits per heavy atom. The summed E-state index contributed by atoms with van der Waals surface area (Å²) in [5, 5.41) is 2.60. The van der Waals surface area contributed by atoms with Gasteiger partial charge < -0.3 is 20.9 Å². The first kappa shape index (κ1) is 18.6. The number of para-hydroxylation sites is 1. The molecule has 2 atom stereocenters. The molecule has 3 rings (SSSR count). The first-order valence-corrected chi connectivity index (χ1v) is 9.21. The van der Waals surface area contributed by atoms with Crippen molar-refractivity contribution < 1.29 is 14.0 Å². The Bertz CT molecular complexity index is 683. The largest absolute Gasteiger partial charge is 0.342 e. The number of amides is 3. The van der Waals surface area contributed by atoms with Gasteiger partial charge in [0.15, 0.2) is 0 Å². The van der Waals surface area contributed by atoms with Crippen molar-refractivity contribution in [1.82, 2.24) is 9.80 Å². The van der Waals surface area contributed by atoms with Gasteiger partial charge in [-0.05, 0) is 43.4 Å². The van der Waals surface area contributed by atoms with Crippen LogP contribution >= 0.6 is 0 Å². The summed E-state index contributed by atoms with van der Waals surface area (Å²) in [6, 6.07) is 5.72. The van der Waals surface area contributed by atoms with Crippen LogP contribution < -0.4 is 11.1 Å². The van der Waals surface area contributed by atoms with Crippen LogP contribution in [-0.4, -0.2) is 54.5 Å². The first-order valence-electron chi connectivity index (χ1n) is 9.21. The SMILES string of the molecule is CC1(CN)CCN(C(=O)C2CCCN(C(=O)Nc3ccccc3F)C2)C1. The van der Waals surface area contributed by atoms with Gasteiger partial charge in [0, 0.05) is 26.2 Å². The van der Waals surface area contributed by atoms with Gasteiger partial charge in [-0.3, -0.25) is 4.79 Å². The number of nitrogens with one attached hydrogen (secondary N) is 1. The second kappa shape index (κ2) is 7.61. The summed E-state index contributed by atoms with van der Waals surface area (Å²) in [4.78, 5) is 28.8. The molecular formula is C19H27FN4O2. The number of hydrogen-bond acceptors (Lipinski definition) is 3. The molecule has 2 fully saturated rings. The predicted molar refractivity (Wildman–Crippen MR) is 98.1 cm³/mol. The molecule has 1 aromatic rings. The number of halogens is 1. The van der Waals surface area contributed by atoms with Gasteiger partial charge in [-0.2, -0.15) is 0 Å². The third-order valence-electron chi connectivity index (χ3n) is 5.54. The van der Waals surface area contributed by atoms with Crippen LogP contribution in [-0.2, 0) is 4.79 Å². The number of rotatable bonds is 3. The van der Waals surface area contributed by atoms with Crippen LogP contribution in [0.25, 0.3) is 0 Å². The van der Waals surface area contributed by atoms with Crippen LogP contribution in [0.2, 0.25) is 0 Å². The van der Waals surface area contributed by atoms with E-state index >= 15 is 0 Å². The van der Waals surface area contributed by atoms with Gasteiger partial charge in [-0.1, -0.05) is 19.1 Å². The molecule has 1 aromatic carbocycles. The molecule has 0 aliphatic carbocycles. The lowest BCUT2D eigenvalue weighted by atomic mass is 9.90. The van der Waals surface area contributed by atoms with Gasteiger partial charge in [0.05, 0.1) is 11.6 Å². The Hall–Kier alpha value is -2.15. The molecule has 3 N–H and O–H groups in total. The smallest absolute Gasteiger partial charge is 0.321 e. The van der Waals surface area contributed by atoms with Crippen molar-refractivity contribution in [3.63, 3.8) is 0 Å². The zero-order chi connectivity index (χ0) is 18.7. The summed E-state index contributed by atoms with van der Waals surface area (Å²) in [7, 11) is 0. The molecule has 142 valence electrons. The van der Waals surface area contributed by atoms with E-state index in [1.165, 1.54) is 12.1 Å². The second-order valence-corrected chi connectivity index (χ2v) is 7.72. The van der Waals surface area contributed by atoms with E-state index in [1.807, 2.05) is 4.90 Å². The van der Waals surface area contributed by atoms with Crippen LogP contribution in [0, 0.1) is 17.2 Å². The average molecular weight is 362 g/mol. The quantitative estimate of drug-likeness (QED) is 0.866. The fraction of sp³-hybridized carbons (Fsp3) is 0.579. The molecule has 0 bridgehead atoms. The van der Waals surface area contributed by atoms with Crippen molar-refractivity contribution >= 4 is 17.6 Å². The van der Waals surface area contributed by atoms with Gasteiger partial charge in [0.25, 0.3) is 0 Å². The molecule has 2 unspecified atom stereocenters. The van der Waals surface area contributed by atoms with Gasteiger partial charge in [0.1, 0.15) is 5.82 Å². The fourth-order valence-corrected chi connectivity index (χ4v) is 3.76. The van der Waals surface area contributed by atoms with Gasteiger partial charge >= 0.3 is 6.03 Å². The third-order valence-corrected chi connectivity index (χ3v) is 5.54. The molecule has 2 aliphatic heterocycles. The van der Waals surface area contributed by atoms with Gasteiger partial charge in [-0.15, -0.1) is 0 Å². The van der Waals surface area contributed by atoms with E-state index in [0.29, 0.717) is 26.2 Å². The maximum Gasteiger partial charge on any atom is 0.321 e.